The lowest BCUT2D eigenvalue weighted by Crippen LogP contribution is -2.44. The molecule has 0 aliphatic heterocycles. The summed E-state index contributed by atoms with van der Waals surface area (Å²) in [6.07, 6.45) is 7.16. The van der Waals surface area contributed by atoms with Crippen molar-refractivity contribution >= 4 is 17.7 Å². The number of nitrogens with two attached hydrogens (primary N) is 1. The van der Waals surface area contributed by atoms with E-state index in [1.165, 1.54) is 6.42 Å². The zero-order chi connectivity index (χ0) is 12.0. The molecule has 0 aromatic carbocycles. The van der Waals surface area contributed by atoms with E-state index in [1.807, 2.05) is 0 Å². The fourth-order valence-electron chi connectivity index (χ4n) is 2.21. The van der Waals surface area contributed by atoms with Crippen molar-refractivity contribution < 1.29 is 4.79 Å². The molecule has 0 heterocycles. The van der Waals surface area contributed by atoms with Crippen LogP contribution in [0.5, 0.6) is 0 Å². The van der Waals surface area contributed by atoms with Gasteiger partial charge in [0.05, 0.1) is 0 Å². The maximum absolute atomic E-state index is 11.9. The first kappa shape index (κ1) is 13.8. The largest absolute Gasteiger partial charge is 0.353 e. The summed E-state index contributed by atoms with van der Waals surface area (Å²) in [6, 6.07) is 0.317. The monoisotopic (exact) mass is 244 g/mol. The van der Waals surface area contributed by atoms with Crippen LogP contribution in [0.15, 0.2) is 0 Å². The van der Waals surface area contributed by atoms with Crippen molar-refractivity contribution in [3.63, 3.8) is 0 Å². The first-order valence-corrected chi connectivity index (χ1v) is 7.53. The summed E-state index contributed by atoms with van der Waals surface area (Å²) < 4.78 is 0. The van der Waals surface area contributed by atoms with Crippen LogP contribution in [-0.4, -0.2) is 30.5 Å². The molecule has 1 atom stereocenters. The van der Waals surface area contributed by atoms with E-state index < -0.39 is 0 Å². The average molecular weight is 244 g/mol. The Labute approximate surface area is 103 Å². The van der Waals surface area contributed by atoms with Crippen molar-refractivity contribution in [1.29, 1.82) is 0 Å². The maximum atomic E-state index is 11.9. The number of thioether (sulfide) groups is 1. The maximum Gasteiger partial charge on any atom is 0.220 e. The van der Waals surface area contributed by atoms with Crippen LogP contribution in [0.2, 0.25) is 0 Å². The van der Waals surface area contributed by atoms with Crippen LogP contribution in [0.3, 0.4) is 0 Å². The summed E-state index contributed by atoms with van der Waals surface area (Å²) in [6.45, 7) is 2.77. The topological polar surface area (TPSA) is 55.1 Å². The summed E-state index contributed by atoms with van der Waals surface area (Å²) in [7, 11) is 0. The van der Waals surface area contributed by atoms with Gasteiger partial charge in [0.2, 0.25) is 5.91 Å². The molecule has 1 fully saturated rings. The Bertz CT molecular complexity index is 224. The molecule has 94 valence electrons. The lowest BCUT2D eigenvalue weighted by molar-refractivity contribution is -0.125. The molecule has 3 nitrogen and oxygen atoms in total. The highest BCUT2D eigenvalue weighted by molar-refractivity contribution is 7.98. The third-order valence-electron chi connectivity index (χ3n) is 3.61. The molecule has 16 heavy (non-hydrogen) atoms. The highest BCUT2D eigenvalue weighted by atomic mass is 32.2. The minimum Gasteiger partial charge on any atom is -0.353 e. The van der Waals surface area contributed by atoms with Crippen LogP contribution in [0.1, 0.15) is 39.0 Å². The van der Waals surface area contributed by atoms with E-state index in [0.29, 0.717) is 19.0 Å². The Morgan fingerprint density at radius 1 is 1.56 bits per heavy atom. The summed E-state index contributed by atoms with van der Waals surface area (Å²) in [5, 5.41) is 3.11. The molecule has 0 bridgehead atoms. The molecule has 0 spiro atoms. The standard InChI is InChI=1S/C12H24N2OS/c1-3-10(8-16-2)14-11(15)7-12(9-13)5-4-6-12/h10H,3-9,13H2,1-2H3,(H,14,15). The third kappa shape index (κ3) is 3.67. The van der Waals surface area contributed by atoms with Crippen molar-refractivity contribution in [2.24, 2.45) is 11.1 Å². The molecule has 0 saturated heterocycles. The van der Waals surface area contributed by atoms with Gasteiger partial charge >= 0.3 is 0 Å². The molecular formula is C12H24N2OS. The van der Waals surface area contributed by atoms with Crippen LogP contribution in [0.4, 0.5) is 0 Å². The van der Waals surface area contributed by atoms with Gasteiger partial charge in [0.25, 0.3) is 0 Å². The van der Waals surface area contributed by atoms with Crippen molar-refractivity contribution in [1.82, 2.24) is 5.32 Å². The summed E-state index contributed by atoms with van der Waals surface area (Å²) in [5.41, 5.74) is 5.88. The molecule has 0 radical (unpaired) electrons. The molecule has 1 aliphatic rings. The fourth-order valence-corrected chi connectivity index (χ4v) is 2.93. The van der Waals surface area contributed by atoms with Gasteiger partial charge in [-0.15, -0.1) is 0 Å². The van der Waals surface area contributed by atoms with Crippen LogP contribution in [-0.2, 0) is 4.79 Å². The summed E-state index contributed by atoms with van der Waals surface area (Å²) in [5.74, 6) is 1.18. The highest BCUT2D eigenvalue weighted by Gasteiger charge is 2.37. The predicted octanol–water partition coefficient (Wildman–Crippen LogP) is 1.76. The Morgan fingerprint density at radius 3 is 2.62 bits per heavy atom. The molecule has 4 heteroatoms. The summed E-state index contributed by atoms with van der Waals surface area (Å²) >= 11 is 1.78. The second kappa shape index (κ2) is 6.50. The van der Waals surface area contributed by atoms with Gasteiger partial charge in [-0.05, 0) is 37.5 Å². The van der Waals surface area contributed by atoms with E-state index in [0.717, 1.165) is 25.0 Å². The van der Waals surface area contributed by atoms with Gasteiger partial charge in [-0.2, -0.15) is 11.8 Å². The molecule has 3 N–H and O–H groups in total. The van der Waals surface area contributed by atoms with Gasteiger partial charge in [0.1, 0.15) is 0 Å². The number of amides is 1. The Morgan fingerprint density at radius 2 is 2.25 bits per heavy atom. The predicted molar refractivity (Wildman–Crippen MR) is 70.6 cm³/mol. The molecule has 1 unspecified atom stereocenters. The minimum absolute atomic E-state index is 0.127. The Hall–Kier alpha value is -0.220. The van der Waals surface area contributed by atoms with Gasteiger partial charge in [-0.25, -0.2) is 0 Å². The number of carbonyl (C=O) groups is 1. The van der Waals surface area contributed by atoms with Gasteiger partial charge in [-0.1, -0.05) is 13.3 Å². The number of hydrogen-bond donors (Lipinski definition) is 2. The zero-order valence-electron chi connectivity index (χ0n) is 10.4. The smallest absolute Gasteiger partial charge is 0.220 e. The lowest BCUT2D eigenvalue weighted by atomic mass is 9.66. The van der Waals surface area contributed by atoms with Gasteiger partial charge in [0, 0.05) is 18.2 Å². The number of hydrogen-bond acceptors (Lipinski definition) is 3. The van der Waals surface area contributed by atoms with Gasteiger partial charge in [-0.3, -0.25) is 4.79 Å². The van der Waals surface area contributed by atoms with Crippen molar-refractivity contribution in [3.05, 3.63) is 0 Å². The molecule has 0 aromatic rings. The third-order valence-corrected chi connectivity index (χ3v) is 4.34. The molecular weight excluding hydrogens is 220 g/mol. The molecule has 1 saturated carbocycles. The van der Waals surface area contributed by atoms with Crippen LogP contribution in [0, 0.1) is 5.41 Å². The Kier molecular flexibility index (Phi) is 5.62. The van der Waals surface area contributed by atoms with E-state index in [4.69, 9.17) is 5.73 Å². The first-order chi connectivity index (χ1) is 7.65. The van der Waals surface area contributed by atoms with Crippen LogP contribution < -0.4 is 11.1 Å². The normalized spacial score (nSPS) is 19.9. The fraction of sp³-hybridized carbons (Fsp3) is 0.917. The Balaban J connectivity index is 2.34. The quantitative estimate of drug-likeness (QED) is 0.717. The zero-order valence-corrected chi connectivity index (χ0v) is 11.2. The minimum atomic E-state index is 0.127. The average Bonchev–Trinajstić information content (AvgIpc) is 2.23. The summed E-state index contributed by atoms with van der Waals surface area (Å²) in [4.78, 5) is 11.9. The van der Waals surface area contributed by atoms with E-state index in [9.17, 15) is 4.79 Å². The van der Waals surface area contributed by atoms with Gasteiger partial charge < -0.3 is 11.1 Å². The molecule has 1 amide bonds. The van der Waals surface area contributed by atoms with Crippen LogP contribution in [0.25, 0.3) is 0 Å². The van der Waals surface area contributed by atoms with E-state index >= 15 is 0 Å². The highest BCUT2D eigenvalue weighted by Crippen LogP contribution is 2.42. The molecule has 0 aromatic heterocycles. The lowest BCUT2D eigenvalue weighted by Gasteiger charge is -2.40. The SMILES string of the molecule is CCC(CSC)NC(=O)CC1(CN)CCC1. The van der Waals surface area contributed by atoms with Crippen molar-refractivity contribution in [2.45, 2.75) is 45.1 Å². The number of rotatable bonds is 7. The second-order valence-electron chi connectivity index (χ2n) is 4.86. The first-order valence-electron chi connectivity index (χ1n) is 6.14. The number of carbonyl (C=O) groups excluding carboxylic acids is 1. The van der Waals surface area contributed by atoms with Gasteiger partial charge in [0.15, 0.2) is 0 Å². The van der Waals surface area contributed by atoms with E-state index in [2.05, 4.69) is 18.5 Å². The van der Waals surface area contributed by atoms with Crippen molar-refractivity contribution in [3.8, 4) is 0 Å². The van der Waals surface area contributed by atoms with E-state index in [1.54, 1.807) is 11.8 Å². The second-order valence-corrected chi connectivity index (χ2v) is 5.77. The number of nitrogens with one attached hydrogen (secondary N) is 1. The van der Waals surface area contributed by atoms with Crippen molar-refractivity contribution in [2.75, 3.05) is 18.6 Å². The van der Waals surface area contributed by atoms with Crippen LogP contribution >= 0.6 is 11.8 Å². The van der Waals surface area contributed by atoms with E-state index in [-0.39, 0.29) is 11.3 Å². The molecule has 1 rings (SSSR count). The molecule has 1 aliphatic carbocycles.